The summed E-state index contributed by atoms with van der Waals surface area (Å²) < 4.78 is 57.1. The molecule has 10 nitrogen and oxygen atoms in total. The smallest absolute Gasteiger partial charge is 0.404 e. The molecule has 0 spiro atoms. The molecule has 2 aromatic rings. The molecule has 1 saturated heterocycles. The van der Waals surface area contributed by atoms with Crippen LogP contribution in [0.25, 0.3) is 0 Å². The lowest BCUT2D eigenvalue weighted by Gasteiger charge is -2.27. The molecule has 2 N–H and O–H groups in total. The maximum atomic E-state index is 15.3. The van der Waals surface area contributed by atoms with Crippen LogP contribution in [-0.4, -0.2) is 33.2 Å². The molecule has 0 bridgehead atoms. The third-order valence-corrected chi connectivity index (χ3v) is 5.72. The second-order valence-corrected chi connectivity index (χ2v) is 8.15. The lowest BCUT2D eigenvalue weighted by Crippen LogP contribution is -2.37. The molecule has 12 heteroatoms. The minimum atomic E-state index is -4.21. The highest BCUT2D eigenvalue weighted by Crippen LogP contribution is 2.55. The van der Waals surface area contributed by atoms with E-state index < -0.39 is 50.3 Å². The van der Waals surface area contributed by atoms with E-state index in [-0.39, 0.29) is 17.9 Å². The van der Waals surface area contributed by atoms with Gasteiger partial charge in [-0.1, -0.05) is 24.1 Å². The Morgan fingerprint density at radius 3 is 3.03 bits per heavy atom. The Morgan fingerprint density at radius 1 is 1.50 bits per heavy atom. The number of hydrogen-bond donors (Lipinski definition) is 2. The predicted molar refractivity (Wildman–Crippen MR) is 99.3 cm³/mol. The molecular formula is C18H16FN2O8P. The number of H-pyrrole nitrogens is 1. The van der Waals surface area contributed by atoms with Crippen molar-refractivity contribution in [2.24, 2.45) is 0 Å². The van der Waals surface area contributed by atoms with E-state index in [0.29, 0.717) is 10.1 Å². The molecule has 4 atom stereocenters. The fourth-order valence-electron chi connectivity index (χ4n) is 2.96. The van der Waals surface area contributed by atoms with Gasteiger partial charge in [-0.2, -0.15) is 0 Å². The van der Waals surface area contributed by atoms with Gasteiger partial charge in [0.1, 0.15) is 24.0 Å². The molecule has 4 rings (SSSR count). The van der Waals surface area contributed by atoms with Crippen LogP contribution in [0.15, 0.2) is 40.1 Å². The van der Waals surface area contributed by atoms with Crippen molar-refractivity contribution in [1.82, 2.24) is 9.55 Å². The molecule has 0 saturated carbocycles. The van der Waals surface area contributed by atoms with Crippen LogP contribution in [-0.2, 0) is 25.0 Å². The molecule has 1 fully saturated rings. The number of fused-ring (bicyclic) bond motifs is 1. The molecular weight excluding hydrogens is 422 g/mol. The van der Waals surface area contributed by atoms with Crippen molar-refractivity contribution in [3.05, 3.63) is 62.4 Å². The summed E-state index contributed by atoms with van der Waals surface area (Å²) in [7, 11) is -4.21. The first kappa shape index (κ1) is 19.2. The zero-order chi connectivity index (χ0) is 22.4. The average Bonchev–Trinajstić information content (AvgIpc) is 2.96. The number of aromatic amines is 1. The number of nitrogens with one attached hydrogen (secondary N) is 1. The fraction of sp³-hybridized carbons (Fsp3) is 0.333. The van der Waals surface area contributed by atoms with Crippen LogP contribution in [0, 0.1) is 12.3 Å². The second kappa shape index (κ2) is 7.50. The number of para-hydroxylation sites is 1. The number of rotatable bonds is 4. The van der Waals surface area contributed by atoms with E-state index in [2.05, 4.69) is 0 Å². The topological polar surface area (TPSA) is 129 Å². The van der Waals surface area contributed by atoms with Crippen molar-refractivity contribution in [1.29, 1.82) is 0 Å². The van der Waals surface area contributed by atoms with E-state index in [1.807, 2.05) is 10.9 Å². The molecule has 1 unspecified atom stereocenters. The number of hydrogen-bond acceptors (Lipinski definition) is 8. The van der Waals surface area contributed by atoms with Crippen molar-refractivity contribution in [2.75, 3.05) is 6.61 Å². The van der Waals surface area contributed by atoms with Gasteiger partial charge in [0, 0.05) is 18.2 Å². The summed E-state index contributed by atoms with van der Waals surface area (Å²) in [6.45, 7) is -1.13. The van der Waals surface area contributed by atoms with Gasteiger partial charge in [0.15, 0.2) is 6.20 Å². The summed E-state index contributed by atoms with van der Waals surface area (Å²) >= 11 is 0. The molecule has 30 heavy (non-hydrogen) atoms. The van der Waals surface area contributed by atoms with Crippen molar-refractivity contribution < 1.29 is 33.7 Å². The van der Waals surface area contributed by atoms with Crippen LogP contribution in [0.2, 0.25) is 0 Å². The van der Waals surface area contributed by atoms with E-state index in [4.69, 9.17) is 26.1 Å². The standard InChI is InChI=1S/C18H16FN2O8P/c1-2-11-8-21(17(24)20-15(11)23)16-13(22)7-18(19,28-16)10-27-30(25)26-9-12-5-3-4-6-14(12)29-30/h1,3-6,8,13,16,22H,7,9-10H2,(H,20,23,24)/t13-,16-,18+,30?/m1/s1/i16D. The molecule has 2 aliphatic heterocycles. The fourth-order valence-corrected chi connectivity index (χ4v) is 4.20. The van der Waals surface area contributed by atoms with Gasteiger partial charge in [0.2, 0.25) is 5.85 Å². The summed E-state index contributed by atoms with van der Waals surface area (Å²) in [5.74, 6) is -0.587. The minimum absolute atomic E-state index is 0.0970. The minimum Gasteiger partial charge on any atom is -0.404 e. The van der Waals surface area contributed by atoms with Gasteiger partial charge in [-0.15, -0.1) is 6.42 Å². The molecule has 1 aromatic carbocycles. The maximum Gasteiger partial charge on any atom is 0.530 e. The average molecular weight is 439 g/mol. The molecule has 1 aromatic heterocycles. The molecule has 0 amide bonds. The number of phosphoric acid groups is 1. The van der Waals surface area contributed by atoms with Crippen LogP contribution in [0.3, 0.4) is 0 Å². The van der Waals surface area contributed by atoms with Gasteiger partial charge < -0.3 is 14.4 Å². The van der Waals surface area contributed by atoms with E-state index in [9.17, 15) is 19.3 Å². The lowest BCUT2D eigenvalue weighted by molar-refractivity contribution is -0.179. The van der Waals surface area contributed by atoms with Crippen molar-refractivity contribution >= 4 is 7.82 Å². The van der Waals surface area contributed by atoms with Gasteiger partial charge in [-0.3, -0.25) is 23.4 Å². The Balaban J connectivity index is 1.54. The normalized spacial score (nSPS) is 33.2. The van der Waals surface area contributed by atoms with Crippen LogP contribution in [0.1, 0.15) is 25.1 Å². The Bertz CT molecular complexity index is 1240. The van der Waals surface area contributed by atoms with Gasteiger partial charge >= 0.3 is 13.5 Å². The Kier molecular flexibility index (Phi) is 4.81. The summed E-state index contributed by atoms with van der Waals surface area (Å²) in [5.41, 5.74) is -1.75. The number of benzene rings is 1. The summed E-state index contributed by atoms with van der Waals surface area (Å²) in [4.78, 5) is 25.6. The number of aromatic nitrogens is 2. The van der Waals surface area contributed by atoms with Crippen molar-refractivity contribution in [3.63, 3.8) is 0 Å². The molecule has 158 valence electrons. The first-order chi connectivity index (χ1) is 14.6. The SMILES string of the molecule is [2H][C@@]1(n2cc(C#C)c(=O)[nH]c2=O)O[C@](F)(COP2(=O)OCc3ccccc3O2)C[C@H]1O. The number of aliphatic hydroxyl groups is 1. The van der Waals surface area contributed by atoms with Crippen LogP contribution in [0.4, 0.5) is 4.39 Å². The Morgan fingerprint density at radius 2 is 2.27 bits per heavy atom. The molecule has 2 aliphatic rings. The number of aliphatic hydroxyl groups excluding tert-OH is 1. The van der Waals surface area contributed by atoms with Crippen LogP contribution in [0.5, 0.6) is 5.75 Å². The summed E-state index contributed by atoms with van der Waals surface area (Å²) in [6, 6.07) is 6.59. The first-order valence-electron chi connectivity index (χ1n) is 9.14. The zero-order valence-electron chi connectivity index (χ0n) is 16.2. The highest BCUT2D eigenvalue weighted by Gasteiger charge is 2.50. The number of nitrogens with zero attached hydrogens (tertiary/aromatic N) is 1. The van der Waals surface area contributed by atoms with Gasteiger partial charge in [-0.25, -0.2) is 13.8 Å². The largest absolute Gasteiger partial charge is 0.530 e. The lowest BCUT2D eigenvalue weighted by atomic mass is 10.2. The number of phosphoric ester groups is 1. The third-order valence-electron chi connectivity index (χ3n) is 4.40. The monoisotopic (exact) mass is 439 g/mol. The van der Waals surface area contributed by atoms with E-state index in [0.717, 1.165) is 6.20 Å². The number of halogens is 1. The van der Waals surface area contributed by atoms with Gasteiger partial charge in [0.25, 0.3) is 5.56 Å². The van der Waals surface area contributed by atoms with E-state index in [1.165, 1.54) is 6.07 Å². The summed E-state index contributed by atoms with van der Waals surface area (Å²) in [5, 5.41) is 10.3. The van der Waals surface area contributed by atoms with Crippen LogP contribution < -0.4 is 15.8 Å². The summed E-state index contributed by atoms with van der Waals surface area (Å²) in [6.07, 6.45) is 0.611. The van der Waals surface area contributed by atoms with E-state index >= 15 is 4.39 Å². The van der Waals surface area contributed by atoms with Gasteiger partial charge in [-0.05, 0) is 6.07 Å². The van der Waals surface area contributed by atoms with Gasteiger partial charge in [0.05, 0.1) is 7.98 Å². The number of alkyl halides is 1. The van der Waals surface area contributed by atoms with E-state index in [1.54, 1.807) is 18.2 Å². The highest BCUT2D eigenvalue weighted by atomic mass is 31.2. The van der Waals surface area contributed by atoms with Crippen LogP contribution >= 0.6 is 7.82 Å². The maximum absolute atomic E-state index is 15.3. The Labute approximate surface area is 170 Å². The Hall–Kier alpha value is -2.74. The first-order valence-corrected chi connectivity index (χ1v) is 10.1. The molecule has 0 aliphatic carbocycles. The second-order valence-electron chi connectivity index (χ2n) is 6.55. The van der Waals surface area contributed by atoms with Crippen molar-refractivity contribution in [2.45, 2.75) is 31.2 Å². The number of terminal acetylenes is 1. The predicted octanol–water partition coefficient (Wildman–Crippen LogP) is 1.20. The number of ether oxygens (including phenoxy) is 1. The quantitative estimate of drug-likeness (QED) is 0.537. The molecule has 3 heterocycles. The third kappa shape index (κ3) is 3.84. The highest BCUT2D eigenvalue weighted by molar-refractivity contribution is 7.49. The van der Waals surface area contributed by atoms with Crippen molar-refractivity contribution in [3.8, 4) is 18.1 Å². The molecule has 0 radical (unpaired) electrons. The zero-order valence-corrected chi connectivity index (χ0v) is 16.1.